The summed E-state index contributed by atoms with van der Waals surface area (Å²) in [4.78, 5) is 35.9. The maximum atomic E-state index is 12.6. The van der Waals surface area contributed by atoms with E-state index < -0.39 is 17.4 Å². The van der Waals surface area contributed by atoms with Crippen molar-refractivity contribution in [2.24, 2.45) is 23.2 Å². The van der Waals surface area contributed by atoms with Gasteiger partial charge in [0, 0.05) is 5.57 Å². The molecule has 0 saturated heterocycles. The van der Waals surface area contributed by atoms with Gasteiger partial charge in [-0.3, -0.25) is 4.79 Å². The van der Waals surface area contributed by atoms with Crippen molar-refractivity contribution in [2.75, 3.05) is 13.2 Å². The van der Waals surface area contributed by atoms with Crippen LogP contribution in [-0.4, -0.2) is 36.2 Å². The largest absolute Gasteiger partial charge is 0.478 e. The number of ether oxygens (including phenoxy) is 2. The van der Waals surface area contributed by atoms with Crippen molar-refractivity contribution in [1.29, 1.82) is 0 Å². The van der Waals surface area contributed by atoms with E-state index in [1.54, 1.807) is 13.8 Å². The second-order valence-electron chi connectivity index (χ2n) is 8.13. The lowest BCUT2D eigenvalue weighted by atomic mass is 9.81. The van der Waals surface area contributed by atoms with Crippen LogP contribution in [0.1, 0.15) is 59.8 Å². The Morgan fingerprint density at radius 3 is 2.23 bits per heavy atom. The van der Waals surface area contributed by atoms with E-state index in [1.807, 2.05) is 6.92 Å². The number of carboxylic acids is 1. The van der Waals surface area contributed by atoms with E-state index in [0.29, 0.717) is 23.8 Å². The minimum absolute atomic E-state index is 0.0237. The van der Waals surface area contributed by atoms with Crippen molar-refractivity contribution in [2.45, 2.75) is 59.8 Å². The Bertz CT molecular complexity index is 603. The Morgan fingerprint density at radius 2 is 1.73 bits per heavy atom. The molecule has 2 saturated carbocycles. The molecule has 146 valence electrons. The highest BCUT2D eigenvalue weighted by Gasteiger charge is 2.44. The predicted octanol–water partition coefficient (Wildman–Crippen LogP) is 3.35. The minimum atomic E-state index is -1.09. The first-order valence-electron chi connectivity index (χ1n) is 9.45. The number of carbonyl (C=O) groups is 3. The lowest BCUT2D eigenvalue weighted by Crippen LogP contribution is -2.28. The number of hydrogen-bond donors (Lipinski definition) is 1. The normalized spacial score (nSPS) is 25.6. The van der Waals surface area contributed by atoms with Crippen LogP contribution in [0.5, 0.6) is 0 Å². The molecule has 26 heavy (non-hydrogen) atoms. The van der Waals surface area contributed by atoms with Crippen LogP contribution in [0.15, 0.2) is 11.1 Å². The van der Waals surface area contributed by atoms with Crippen molar-refractivity contribution in [3.63, 3.8) is 0 Å². The molecule has 2 bridgehead atoms. The molecule has 6 nitrogen and oxygen atoms in total. The van der Waals surface area contributed by atoms with E-state index in [2.05, 4.69) is 0 Å². The Hall–Kier alpha value is -1.85. The number of carboxylic acid groups (broad SMARTS) is 1. The molecule has 2 aliphatic rings. The molecule has 0 aromatic carbocycles. The fraction of sp³-hybridized carbons (Fsp3) is 0.750. The lowest BCUT2D eigenvalue weighted by molar-refractivity contribution is -0.158. The van der Waals surface area contributed by atoms with E-state index >= 15 is 0 Å². The van der Waals surface area contributed by atoms with Gasteiger partial charge in [0.15, 0.2) is 0 Å². The fourth-order valence-electron chi connectivity index (χ4n) is 3.98. The fourth-order valence-corrected chi connectivity index (χ4v) is 3.98. The van der Waals surface area contributed by atoms with Crippen molar-refractivity contribution >= 4 is 17.9 Å². The van der Waals surface area contributed by atoms with Crippen LogP contribution in [0.3, 0.4) is 0 Å². The average Bonchev–Trinajstić information content (AvgIpc) is 3.21. The summed E-state index contributed by atoms with van der Waals surface area (Å²) in [5, 5.41) is 9.36. The molecular weight excluding hydrogens is 336 g/mol. The number of aliphatic carboxylic acids is 1. The second kappa shape index (κ2) is 8.23. The van der Waals surface area contributed by atoms with Gasteiger partial charge in [-0.15, -0.1) is 0 Å². The summed E-state index contributed by atoms with van der Waals surface area (Å²) in [6.07, 6.45) is 4.79. The van der Waals surface area contributed by atoms with Crippen LogP contribution in [0.4, 0.5) is 0 Å². The number of esters is 2. The second-order valence-corrected chi connectivity index (χ2v) is 8.13. The number of hydrogen-bond acceptors (Lipinski definition) is 5. The standard InChI is InChI=1S/C20H30O6/c1-5-20(3,4)19(24)26-9-8-25-18(23)16(12(2)17(21)22)15-11-13-6-7-14(15)10-13/h13-15H,5-11H2,1-4H3,(H,21,22)/b16-12-. The highest BCUT2D eigenvalue weighted by atomic mass is 16.6. The number of rotatable bonds is 8. The van der Waals surface area contributed by atoms with E-state index in [0.717, 1.165) is 19.3 Å². The van der Waals surface area contributed by atoms with Crippen molar-refractivity contribution in [3.05, 3.63) is 11.1 Å². The summed E-state index contributed by atoms with van der Waals surface area (Å²) in [6.45, 7) is 6.88. The maximum Gasteiger partial charge on any atom is 0.334 e. The molecule has 2 fully saturated rings. The number of fused-ring (bicyclic) bond motifs is 2. The van der Waals surface area contributed by atoms with Gasteiger partial charge >= 0.3 is 17.9 Å². The van der Waals surface area contributed by atoms with Gasteiger partial charge in [-0.2, -0.15) is 0 Å². The van der Waals surface area contributed by atoms with Crippen LogP contribution >= 0.6 is 0 Å². The monoisotopic (exact) mass is 366 g/mol. The molecule has 3 atom stereocenters. The first-order valence-corrected chi connectivity index (χ1v) is 9.45. The van der Waals surface area contributed by atoms with Gasteiger partial charge in [0.1, 0.15) is 13.2 Å². The van der Waals surface area contributed by atoms with Gasteiger partial charge in [0.25, 0.3) is 0 Å². The maximum absolute atomic E-state index is 12.6. The Balaban J connectivity index is 1.95. The zero-order chi connectivity index (χ0) is 19.5. The molecule has 6 heteroatoms. The third-order valence-corrected chi connectivity index (χ3v) is 6.04. The quantitative estimate of drug-likeness (QED) is 0.402. The van der Waals surface area contributed by atoms with E-state index in [1.165, 1.54) is 13.3 Å². The first-order chi connectivity index (χ1) is 12.2. The molecule has 1 N–H and O–H groups in total. The molecular formula is C20H30O6. The van der Waals surface area contributed by atoms with Crippen molar-refractivity contribution < 1.29 is 29.0 Å². The van der Waals surface area contributed by atoms with Gasteiger partial charge in [-0.25, -0.2) is 9.59 Å². The van der Waals surface area contributed by atoms with Gasteiger partial charge in [0.2, 0.25) is 0 Å². The zero-order valence-electron chi connectivity index (χ0n) is 16.2. The van der Waals surface area contributed by atoms with Gasteiger partial charge < -0.3 is 14.6 Å². The summed E-state index contributed by atoms with van der Waals surface area (Å²) in [7, 11) is 0. The minimum Gasteiger partial charge on any atom is -0.478 e. The first kappa shape index (κ1) is 20.5. The van der Waals surface area contributed by atoms with E-state index in [-0.39, 0.29) is 30.7 Å². The lowest BCUT2D eigenvalue weighted by Gasteiger charge is -2.25. The third kappa shape index (κ3) is 4.46. The number of carbonyl (C=O) groups excluding carboxylic acids is 2. The van der Waals surface area contributed by atoms with Crippen LogP contribution in [0, 0.1) is 23.2 Å². The summed E-state index contributed by atoms with van der Waals surface area (Å²) in [5.41, 5.74) is -0.209. The third-order valence-electron chi connectivity index (χ3n) is 6.04. The summed E-state index contributed by atoms with van der Waals surface area (Å²) in [5.74, 6) is -1.07. The van der Waals surface area contributed by atoms with Crippen LogP contribution in [0.2, 0.25) is 0 Å². The topological polar surface area (TPSA) is 89.9 Å². The smallest absolute Gasteiger partial charge is 0.334 e. The summed E-state index contributed by atoms with van der Waals surface area (Å²) in [6, 6.07) is 0. The zero-order valence-corrected chi connectivity index (χ0v) is 16.2. The molecule has 0 heterocycles. The molecule has 2 rings (SSSR count). The molecule has 0 aromatic rings. The van der Waals surface area contributed by atoms with E-state index in [9.17, 15) is 19.5 Å². The van der Waals surface area contributed by atoms with E-state index in [4.69, 9.17) is 9.47 Å². The van der Waals surface area contributed by atoms with Crippen molar-refractivity contribution in [1.82, 2.24) is 0 Å². The van der Waals surface area contributed by atoms with Gasteiger partial charge in [-0.1, -0.05) is 13.3 Å². The molecule has 3 unspecified atom stereocenters. The molecule has 0 aliphatic heterocycles. The molecule has 0 amide bonds. The molecule has 2 aliphatic carbocycles. The van der Waals surface area contributed by atoms with Crippen LogP contribution < -0.4 is 0 Å². The summed E-state index contributed by atoms with van der Waals surface area (Å²) < 4.78 is 10.4. The Labute approximate surface area is 154 Å². The average molecular weight is 366 g/mol. The van der Waals surface area contributed by atoms with Crippen LogP contribution in [0.25, 0.3) is 0 Å². The van der Waals surface area contributed by atoms with Gasteiger partial charge in [-0.05, 0) is 64.2 Å². The molecule has 0 aromatic heterocycles. The molecule has 0 radical (unpaired) electrons. The predicted molar refractivity (Wildman–Crippen MR) is 95.3 cm³/mol. The summed E-state index contributed by atoms with van der Waals surface area (Å²) >= 11 is 0. The van der Waals surface area contributed by atoms with Crippen molar-refractivity contribution in [3.8, 4) is 0 Å². The Kier molecular flexibility index (Phi) is 6.48. The van der Waals surface area contributed by atoms with Crippen LogP contribution in [-0.2, 0) is 23.9 Å². The highest BCUT2D eigenvalue weighted by molar-refractivity contribution is 5.99. The SMILES string of the molecule is CCC(C)(C)C(=O)OCCOC(=O)/C(=C(/C)C(=O)O)C1CC2CCC1C2. The molecule has 0 spiro atoms. The van der Waals surface area contributed by atoms with Gasteiger partial charge in [0.05, 0.1) is 11.0 Å². The Morgan fingerprint density at radius 1 is 1.08 bits per heavy atom. The highest BCUT2D eigenvalue weighted by Crippen LogP contribution is 2.51.